The molecule has 4 aromatic rings. The molecule has 4 rings (SSSR count). The number of halogens is 1. The Kier molecular flexibility index (Phi) is 8.59. The van der Waals surface area contributed by atoms with Crippen LogP contribution in [0, 0.1) is 20.8 Å². The summed E-state index contributed by atoms with van der Waals surface area (Å²) in [7, 11) is -4.21. The van der Waals surface area contributed by atoms with Gasteiger partial charge in [-0.25, -0.2) is 4.98 Å². The summed E-state index contributed by atoms with van der Waals surface area (Å²) in [5.74, 6) is 0.314. The van der Waals surface area contributed by atoms with Gasteiger partial charge < -0.3 is 14.3 Å². The van der Waals surface area contributed by atoms with E-state index in [-0.39, 0.29) is 13.2 Å². The normalized spacial score (nSPS) is 11.5. The molecule has 0 aliphatic heterocycles. The molecule has 1 heterocycles. The number of carboxylic acids is 1. The molecule has 0 spiro atoms. The number of ether oxygens (including phenoxy) is 1. The number of benzene rings is 3. The summed E-state index contributed by atoms with van der Waals surface area (Å²) in [4.78, 5) is 16.0. The Morgan fingerprint density at radius 1 is 1.08 bits per heavy atom. The van der Waals surface area contributed by atoms with Gasteiger partial charge in [0.15, 0.2) is 0 Å². The van der Waals surface area contributed by atoms with Gasteiger partial charge >= 0.3 is 16.2 Å². The molecule has 9 nitrogen and oxygen atoms in total. The molecule has 2 N–H and O–H groups in total. The molecule has 0 bridgehead atoms. The molecule has 0 radical (unpaired) electrons. The first kappa shape index (κ1) is 28.2. The van der Waals surface area contributed by atoms with E-state index in [1.807, 2.05) is 38.1 Å². The number of rotatable bonds is 11. The van der Waals surface area contributed by atoms with Crippen molar-refractivity contribution in [3.63, 3.8) is 0 Å². The summed E-state index contributed by atoms with van der Waals surface area (Å²) < 4.78 is 41.3. The van der Waals surface area contributed by atoms with E-state index < -0.39 is 22.7 Å². The third-order valence-electron chi connectivity index (χ3n) is 5.90. The van der Waals surface area contributed by atoms with Crippen LogP contribution in [0.25, 0.3) is 11.5 Å². The Hall–Kier alpha value is -3.86. The molecule has 0 unspecified atom stereocenters. The first-order valence-electron chi connectivity index (χ1n) is 12.0. The summed E-state index contributed by atoms with van der Waals surface area (Å²) in [6.45, 7) is 4.74. The number of carbonyl (C=O) groups is 1. The molecule has 1 aromatic heterocycles. The quantitative estimate of drug-likeness (QED) is 0.236. The van der Waals surface area contributed by atoms with Gasteiger partial charge in [0.05, 0.1) is 5.69 Å². The highest BCUT2D eigenvalue weighted by Crippen LogP contribution is 2.25. The van der Waals surface area contributed by atoms with Gasteiger partial charge in [0.2, 0.25) is 5.89 Å². The number of hydrogen-bond donors (Lipinski definition) is 2. The fourth-order valence-electron chi connectivity index (χ4n) is 3.79. The molecule has 11 heteroatoms. The van der Waals surface area contributed by atoms with Gasteiger partial charge in [-0.1, -0.05) is 41.4 Å². The number of nitrogens with one attached hydrogen (secondary N) is 1. The van der Waals surface area contributed by atoms with Gasteiger partial charge in [0, 0.05) is 17.1 Å². The van der Waals surface area contributed by atoms with Crippen molar-refractivity contribution in [3.05, 3.63) is 99.9 Å². The predicted molar refractivity (Wildman–Crippen MR) is 149 cm³/mol. The Labute approximate surface area is 232 Å². The first-order valence-corrected chi connectivity index (χ1v) is 13.8. The van der Waals surface area contributed by atoms with Crippen molar-refractivity contribution in [1.82, 2.24) is 9.29 Å². The Morgan fingerprint density at radius 2 is 1.82 bits per heavy atom. The minimum absolute atomic E-state index is 0.138. The number of oxazole rings is 1. The molecular weight excluding hydrogens is 542 g/mol. The second-order valence-electron chi connectivity index (χ2n) is 9.05. The van der Waals surface area contributed by atoms with Crippen molar-refractivity contribution < 1.29 is 27.5 Å². The van der Waals surface area contributed by atoms with E-state index in [2.05, 4.69) is 9.71 Å². The zero-order valence-electron chi connectivity index (χ0n) is 21.6. The van der Waals surface area contributed by atoms with E-state index in [1.54, 1.807) is 43.3 Å². The van der Waals surface area contributed by atoms with Gasteiger partial charge in [-0.15, -0.1) is 0 Å². The number of nitrogens with zero attached hydrogens (tertiary/aromatic N) is 2. The van der Waals surface area contributed by atoms with Crippen LogP contribution in [-0.2, 0) is 28.2 Å². The smallest absolute Gasteiger partial charge is 0.318 e. The Morgan fingerprint density at radius 3 is 2.51 bits per heavy atom. The van der Waals surface area contributed by atoms with Crippen molar-refractivity contribution in [2.45, 2.75) is 33.9 Å². The molecule has 39 heavy (non-hydrogen) atoms. The van der Waals surface area contributed by atoms with Gasteiger partial charge in [-0.05, 0) is 74.4 Å². The second-order valence-corrected chi connectivity index (χ2v) is 11.2. The molecule has 0 saturated heterocycles. The van der Waals surface area contributed by atoms with Crippen molar-refractivity contribution >= 4 is 33.5 Å². The van der Waals surface area contributed by atoms with Crippen LogP contribution in [0.3, 0.4) is 0 Å². The van der Waals surface area contributed by atoms with E-state index in [0.717, 1.165) is 15.4 Å². The highest BCUT2D eigenvalue weighted by atomic mass is 35.5. The summed E-state index contributed by atoms with van der Waals surface area (Å²) in [6.07, 6.45) is 0. The van der Waals surface area contributed by atoms with Crippen molar-refractivity contribution in [2.75, 3.05) is 11.3 Å². The maximum atomic E-state index is 13.1. The maximum Gasteiger partial charge on any atom is 0.318 e. The molecule has 0 saturated carbocycles. The second kappa shape index (κ2) is 11.9. The molecule has 0 aliphatic rings. The van der Waals surface area contributed by atoms with Crippen LogP contribution in [0.5, 0.6) is 5.75 Å². The number of aryl methyl sites for hydroxylation is 3. The summed E-state index contributed by atoms with van der Waals surface area (Å²) in [5.41, 5.74) is 4.08. The van der Waals surface area contributed by atoms with Crippen LogP contribution in [0.2, 0.25) is 5.02 Å². The van der Waals surface area contributed by atoms with Gasteiger partial charge in [0.1, 0.15) is 30.4 Å². The van der Waals surface area contributed by atoms with Crippen molar-refractivity contribution in [3.8, 4) is 17.2 Å². The predicted octanol–water partition coefficient (Wildman–Crippen LogP) is 5.74. The highest BCUT2D eigenvalue weighted by Gasteiger charge is 2.25. The number of hydrogen-bond acceptors (Lipinski definition) is 6. The largest absolute Gasteiger partial charge is 0.487 e. The van der Waals surface area contributed by atoms with E-state index in [4.69, 9.17) is 20.8 Å². The van der Waals surface area contributed by atoms with Crippen LogP contribution < -0.4 is 9.46 Å². The first-order chi connectivity index (χ1) is 18.5. The lowest BCUT2D eigenvalue weighted by atomic mass is 10.1. The molecular formula is C28H28ClN3O6S. The van der Waals surface area contributed by atoms with Crippen LogP contribution in [0.4, 0.5) is 5.69 Å². The lowest BCUT2D eigenvalue weighted by Gasteiger charge is -2.22. The molecule has 0 aliphatic carbocycles. The average Bonchev–Trinajstić information content (AvgIpc) is 3.25. The molecule has 0 fully saturated rings. The maximum absolute atomic E-state index is 13.1. The van der Waals surface area contributed by atoms with E-state index in [1.165, 1.54) is 6.07 Å². The minimum Gasteiger partial charge on any atom is -0.487 e. The van der Waals surface area contributed by atoms with Gasteiger partial charge in [-0.3, -0.25) is 9.52 Å². The van der Waals surface area contributed by atoms with Crippen molar-refractivity contribution in [1.29, 1.82) is 0 Å². The third-order valence-corrected chi connectivity index (χ3v) is 7.55. The van der Waals surface area contributed by atoms with Crippen LogP contribution >= 0.6 is 11.6 Å². The number of aliphatic carboxylic acids is 1. The minimum atomic E-state index is -4.21. The standard InChI is InChI=1S/C28H28ClN3O6S/c1-18-7-9-22(10-8-18)28-30-26(20(3)38-28)17-37-24-6-4-5-21(14-24)15-32(16-27(33)34)39(35,36)31-25-12-11-23(29)13-19(25)2/h4-14,31H,15-17H2,1-3H3,(H,33,34). The van der Waals surface area contributed by atoms with Crippen LogP contribution in [0.1, 0.15) is 28.1 Å². The average molecular weight is 570 g/mol. The Bertz CT molecular complexity index is 1590. The van der Waals surface area contributed by atoms with Crippen LogP contribution in [0.15, 0.2) is 71.1 Å². The summed E-state index contributed by atoms with van der Waals surface area (Å²) in [5, 5.41) is 9.84. The van der Waals surface area contributed by atoms with E-state index in [0.29, 0.717) is 44.9 Å². The van der Waals surface area contributed by atoms with Gasteiger partial charge in [-0.2, -0.15) is 12.7 Å². The SMILES string of the molecule is Cc1ccc(-c2nc(COc3cccc(CN(CC(=O)O)S(=O)(=O)Nc4ccc(Cl)cc4C)c3)c(C)o2)cc1. The molecule has 0 amide bonds. The fourth-order valence-corrected chi connectivity index (χ4v) is 5.25. The van der Waals surface area contributed by atoms with Crippen molar-refractivity contribution in [2.24, 2.45) is 0 Å². The molecule has 204 valence electrons. The topological polar surface area (TPSA) is 122 Å². The third kappa shape index (κ3) is 7.38. The zero-order chi connectivity index (χ0) is 28.2. The number of carboxylic acid groups (broad SMARTS) is 1. The Balaban J connectivity index is 1.47. The monoisotopic (exact) mass is 569 g/mol. The summed E-state index contributed by atoms with van der Waals surface area (Å²) in [6, 6.07) is 19.3. The fraction of sp³-hybridized carbons (Fsp3) is 0.214. The zero-order valence-corrected chi connectivity index (χ0v) is 23.2. The number of anilines is 1. The molecule has 0 atom stereocenters. The van der Waals surface area contributed by atoms with E-state index >= 15 is 0 Å². The molecule has 3 aromatic carbocycles. The number of aromatic nitrogens is 1. The van der Waals surface area contributed by atoms with Crippen LogP contribution in [-0.4, -0.2) is 35.3 Å². The van der Waals surface area contributed by atoms with Gasteiger partial charge in [0.25, 0.3) is 0 Å². The van der Waals surface area contributed by atoms with E-state index in [9.17, 15) is 18.3 Å². The highest BCUT2D eigenvalue weighted by molar-refractivity contribution is 7.90. The lowest BCUT2D eigenvalue weighted by Crippen LogP contribution is -2.39. The summed E-state index contributed by atoms with van der Waals surface area (Å²) >= 11 is 5.96. The lowest BCUT2D eigenvalue weighted by molar-refractivity contribution is -0.137.